The smallest absolute Gasteiger partial charge is 0.170 e. The molecule has 0 radical (unpaired) electrons. The number of nitrogens with zero attached hydrogens (tertiary/aromatic N) is 2. The lowest BCUT2D eigenvalue weighted by atomic mass is 10.1. The van der Waals surface area contributed by atoms with E-state index in [-0.39, 0.29) is 5.84 Å². The summed E-state index contributed by atoms with van der Waals surface area (Å²) in [6.07, 6.45) is 1.29. The normalized spacial score (nSPS) is 12.2. The number of rotatable bonds is 2. The van der Waals surface area contributed by atoms with E-state index in [1.54, 1.807) is 24.3 Å². The van der Waals surface area contributed by atoms with Gasteiger partial charge in [-0.1, -0.05) is 34.6 Å². The number of hydrogen-bond donors (Lipinski definition) is 3. The summed E-state index contributed by atoms with van der Waals surface area (Å²) in [4.78, 5) is 0. The van der Waals surface area contributed by atoms with E-state index in [0.29, 0.717) is 5.56 Å². The number of benzene rings is 1. The van der Waals surface area contributed by atoms with Gasteiger partial charge in [-0.25, -0.2) is 0 Å². The Hall–Kier alpha value is -2.04. The molecule has 0 aliphatic heterocycles. The Balaban J connectivity index is 2.93. The summed E-state index contributed by atoms with van der Waals surface area (Å²) in [5, 5.41) is 22.3. The van der Waals surface area contributed by atoms with E-state index < -0.39 is 0 Å². The summed E-state index contributed by atoms with van der Waals surface area (Å²) >= 11 is 0. The summed E-state index contributed by atoms with van der Waals surface area (Å²) < 4.78 is 0. The van der Waals surface area contributed by atoms with Crippen LogP contribution in [0.4, 0.5) is 0 Å². The third-order valence-electron chi connectivity index (χ3n) is 1.52. The first-order valence-electron chi connectivity index (χ1n) is 3.53. The molecular formula is C8H9N3O2. The standard InChI is InChI=1S/C8H9N3O2/c9-8(11-13)7-3-1-6(2-4-7)5-10-12/h1-5,12-13H,(H2,9,11)/b10-5-. The molecule has 1 rings (SSSR count). The SMILES string of the molecule is N/C(=N\O)c1ccc(/C=N\O)cc1. The van der Waals surface area contributed by atoms with Crippen molar-refractivity contribution in [3.63, 3.8) is 0 Å². The van der Waals surface area contributed by atoms with E-state index in [9.17, 15) is 0 Å². The maximum absolute atomic E-state index is 8.36. The molecule has 5 nitrogen and oxygen atoms in total. The average Bonchev–Trinajstić information content (AvgIpc) is 2.18. The Morgan fingerprint density at radius 1 is 1.23 bits per heavy atom. The van der Waals surface area contributed by atoms with E-state index in [2.05, 4.69) is 10.3 Å². The monoisotopic (exact) mass is 179 g/mol. The van der Waals surface area contributed by atoms with Gasteiger partial charge in [0, 0.05) is 5.56 Å². The van der Waals surface area contributed by atoms with Crippen molar-refractivity contribution < 1.29 is 10.4 Å². The molecule has 0 fully saturated rings. The minimum absolute atomic E-state index is 0.0486. The molecule has 4 N–H and O–H groups in total. The Morgan fingerprint density at radius 2 is 1.85 bits per heavy atom. The summed E-state index contributed by atoms with van der Waals surface area (Å²) in [5.41, 5.74) is 6.68. The highest BCUT2D eigenvalue weighted by Crippen LogP contribution is 2.01. The highest BCUT2D eigenvalue weighted by atomic mass is 16.4. The van der Waals surface area contributed by atoms with Crippen molar-refractivity contribution in [2.45, 2.75) is 0 Å². The largest absolute Gasteiger partial charge is 0.411 e. The topological polar surface area (TPSA) is 91.2 Å². The summed E-state index contributed by atoms with van der Waals surface area (Å²) in [7, 11) is 0. The maximum Gasteiger partial charge on any atom is 0.170 e. The summed E-state index contributed by atoms with van der Waals surface area (Å²) in [5.74, 6) is 0.0486. The molecule has 0 amide bonds. The number of amidine groups is 1. The van der Waals surface area contributed by atoms with Gasteiger partial charge in [0.1, 0.15) is 0 Å². The first kappa shape index (κ1) is 9.05. The van der Waals surface area contributed by atoms with Crippen molar-refractivity contribution in [3.8, 4) is 0 Å². The van der Waals surface area contributed by atoms with E-state index in [4.69, 9.17) is 16.1 Å². The van der Waals surface area contributed by atoms with Gasteiger partial charge in [0.25, 0.3) is 0 Å². The Labute approximate surface area is 74.8 Å². The molecular weight excluding hydrogens is 170 g/mol. The van der Waals surface area contributed by atoms with Crippen LogP contribution in [0.25, 0.3) is 0 Å². The highest BCUT2D eigenvalue weighted by molar-refractivity contribution is 5.97. The molecule has 0 heterocycles. The fourth-order valence-electron chi connectivity index (χ4n) is 0.864. The highest BCUT2D eigenvalue weighted by Gasteiger charge is 1.97. The van der Waals surface area contributed by atoms with Gasteiger partial charge < -0.3 is 16.1 Å². The van der Waals surface area contributed by atoms with Crippen LogP contribution in [0, 0.1) is 0 Å². The second-order valence-corrected chi connectivity index (χ2v) is 2.35. The first-order valence-corrected chi connectivity index (χ1v) is 3.53. The second kappa shape index (κ2) is 4.10. The molecule has 0 aromatic heterocycles. The van der Waals surface area contributed by atoms with Crippen LogP contribution < -0.4 is 5.73 Å². The molecule has 5 heteroatoms. The van der Waals surface area contributed by atoms with Crippen molar-refractivity contribution in [1.82, 2.24) is 0 Å². The molecule has 0 unspecified atom stereocenters. The number of hydrogen-bond acceptors (Lipinski definition) is 4. The molecule has 0 saturated heterocycles. The van der Waals surface area contributed by atoms with Crippen LogP contribution >= 0.6 is 0 Å². The third kappa shape index (κ3) is 2.19. The van der Waals surface area contributed by atoms with Crippen LogP contribution in [0.2, 0.25) is 0 Å². The van der Waals surface area contributed by atoms with Crippen LogP contribution in [-0.2, 0) is 0 Å². The number of nitrogens with two attached hydrogens (primary N) is 1. The van der Waals surface area contributed by atoms with Crippen LogP contribution in [0.1, 0.15) is 11.1 Å². The Bertz CT molecular complexity index is 330. The molecule has 13 heavy (non-hydrogen) atoms. The average molecular weight is 179 g/mol. The minimum atomic E-state index is 0.0486. The zero-order chi connectivity index (χ0) is 9.68. The zero-order valence-electron chi connectivity index (χ0n) is 6.75. The molecule has 0 spiro atoms. The first-order chi connectivity index (χ1) is 6.27. The van der Waals surface area contributed by atoms with Crippen LogP contribution in [0.5, 0.6) is 0 Å². The molecule has 0 bridgehead atoms. The van der Waals surface area contributed by atoms with E-state index in [1.165, 1.54) is 6.21 Å². The lowest BCUT2D eigenvalue weighted by Crippen LogP contribution is -2.12. The van der Waals surface area contributed by atoms with Crippen LogP contribution in [0.15, 0.2) is 34.6 Å². The van der Waals surface area contributed by atoms with Gasteiger partial charge in [-0.2, -0.15) is 0 Å². The van der Waals surface area contributed by atoms with Gasteiger partial charge in [0.2, 0.25) is 0 Å². The van der Waals surface area contributed by atoms with Crippen molar-refractivity contribution in [3.05, 3.63) is 35.4 Å². The van der Waals surface area contributed by atoms with Gasteiger partial charge in [-0.15, -0.1) is 0 Å². The van der Waals surface area contributed by atoms with E-state index in [1.807, 2.05) is 0 Å². The van der Waals surface area contributed by atoms with E-state index in [0.717, 1.165) is 5.56 Å². The molecule has 0 saturated carbocycles. The summed E-state index contributed by atoms with van der Waals surface area (Å²) in [6, 6.07) is 6.69. The summed E-state index contributed by atoms with van der Waals surface area (Å²) in [6.45, 7) is 0. The molecule has 1 aromatic rings. The minimum Gasteiger partial charge on any atom is -0.411 e. The van der Waals surface area contributed by atoms with Gasteiger partial charge >= 0.3 is 0 Å². The van der Waals surface area contributed by atoms with Gasteiger partial charge in [-0.05, 0) is 5.56 Å². The molecule has 0 aliphatic rings. The van der Waals surface area contributed by atoms with Crippen LogP contribution in [0.3, 0.4) is 0 Å². The lowest BCUT2D eigenvalue weighted by Gasteiger charge is -1.97. The van der Waals surface area contributed by atoms with Gasteiger partial charge in [-0.3, -0.25) is 0 Å². The van der Waals surface area contributed by atoms with E-state index >= 15 is 0 Å². The zero-order valence-corrected chi connectivity index (χ0v) is 6.75. The van der Waals surface area contributed by atoms with Crippen molar-refractivity contribution in [2.24, 2.45) is 16.0 Å². The van der Waals surface area contributed by atoms with Gasteiger partial charge in [0.05, 0.1) is 6.21 Å². The predicted molar refractivity (Wildman–Crippen MR) is 48.3 cm³/mol. The molecule has 0 atom stereocenters. The fraction of sp³-hybridized carbons (Fsp3) is 0. The van der Waals surface area contributed by atoms with Gasteiger partial charge in [0.15, 0.2) is 5.84 Å². The quantitative estimate of drug-likeness (QED) is 0.268. The fourth-order valence-corrected chi connectivity index (χ4v) is 0.864. The molecule has 1 aromatic carbocycles. The maximum atomic E-state index is 8.36. The van der Waals surface area contributed by atoms with Crippen LogP contribution in [-0.4, -0.2) is 22.5 Å². The molecule has 0 aliphatic carbocycles. The molecule has 68 valence electrons. The Morgan fingerprint density at radius 3 is 2.31 bits per heavy atom. The Kier molecular flexibility index (Phi) is 2.86. The lowest BCUT2D eigenvalue weighted by molar-refractivity contribution is 0.318. The predicted octanol–water partition coefficient (Wildman–Crippen LogP) is 0.589. The number of oxime groups is 2. The van der Waals surface area contributed by atoms with Crippen molar-refractivity contribution in [2.75, 3.05) is 0 Å². The van der Waals surface area contributed by atoms with Crippen molar-refractivity contribution >= 4 is 12.1 Å². The van der Waals surface area contributed by atoms with Crippen molar-refractivity contribution in [1.29, 1.82) is 0 Å². The third-order valence-corrected chi connectivity index (χ3v) is 1.52. The second-order valence-electron chi connectivity index (χ2n) is 2.35.